The van der Waals surface area contributed by atoms with Crippen LogP contribution in [-0.2, 0) is 9.84 Å². The summed E-state index contributed by atoms with van der Waals surface area (Å²) < 4.78 is 28.9. The molecule has 2 aromatic rings. The third kappa shape index (κ3) is 1.94. The lowest BCUT2D eigenvalue weighted by Crippen LogP contribution is -2.00. The van der Waals surface area contributed by atoms with E-state index >= 15 is 0 Å². The highest BCUT2D eigenvalue weighted by atomic mass is 32.2. The molecule has 0 atom stereocenters. The first-order chi connectivity index (χ1) is 8.05. The van der Waals surface area contributed by atoms with E-state index in [1.54, 1.807) is 0 Å². The van der Waals surface area contributed by atoms with Gasteiger partial charge in [-0.15, -0.1) is 0 Å². The average molecular weight is 252 g/mol. The van der Waals surface area contributed by atoms with Crippen molar-refractivity contribution in [3.63, 3.8) is 0 Å². The van der Waals surface area contributed by atoms with Gasteiger partial charge in [-0.25, -0.2) is 8.42 Å². The van der Waals surface area contributed by atoms with Gasteiger partial charge in [0.05, 0.1) is 0 Å². The van der Waals surface area contributed by atoms with Crippen LogP contribution in [0.25, 0.3) is 0 Å². The van der Waals surface area contributed by atoms with Crippen molar-refractivity contribution in [1.29, 1.82) is 0 Å². The number of benzene rings is 1. The molecule has 6 heteroatoms. The molecule has 2 rings (SSSR count). The van der Waals surface area contributed by atoms with E-state index < -0.39 is 9.84 Å². The molecule has 1 aromatic heterocycles. The Morgan fingerprint density at radius 3 is 2.41 bits per heavy atom. The number of sulfone groups is 1. The van der Waals surface area contributed by atoms with Crippen LogP contribution in [0.4, 0.5) is 0 Å². The van der Waals surface area contributed by atoms with E-state index in [-0.39, 0.29) is 21.5 Å². The second kappa shape index (κ2) is 4.06. The average Bonchev–Trinajstić information content (AvgIpc) is 2.78. The van der Waals surface area contributed by atoms with Gasteiger partial charge in [0.2, 0.25) is 14.9 Å². The Morgan fingerprint density at radius 1 is 1.12 bits per heavy atom. The lowest BCUT2D eigenvalue weighted by atomic mass is 10.3. The summed E-state index contributed by atoms with van der Waals surface area (Å²) in [5.41, 5.74) is 0. The van der Waals surface area contributed by atoms with Crippen molar-refractivity contribution in [3.8, 4) is 5.75 Å². The van der Waals surface area contributed by atoms with Crippen LogP contribution in [0.3, 0.4) is 0 Å². The first kappa shape index (κ1) is 11.4. The van der Waals surface area contributed by atoms with Crippen LogP contribution < -0.4 is 0 Å². The number of aromatic hydroxyl groups is 1. The summed E-state index contributed by atoms with van der Waals surface area (Å²) in [4.78, 5) is 10.2. The summed E-state index contributed by atoms with van der Waals surface area (Å²) in [6, 6.07) is 7.93. The van der Waals surface area contributed by atoms with Gasteiger partial charge in [-0.1, -0.05) is 12.1 Å². The van der Waals surface area contributed by atoms with Crippen LogP contribution in [0.2, 0.25) is 0 Å². The number of furan rings is 1. The fourth-order valence-electron chi connectivity index (χ4n) is 1.33. The number of carbonyl (C=O) groups excluding carboxylic acids is 1. The van der Waals surface area contributed by atoms with Crippen LogP contribution in [0.5, 0.6) is 5.75 Å². The number of rotatable bonds is 3. The van der Waals surface area contributed by atoms with Gasteiger partial charge in [0.25, 0.3) is 0 Å². The van der Waals surface area contributed by atoms with Crippen LogP contribution in [0.1, 0.15) is 10.6 Å². The molecule has 0 aliphatic rings. The van der Waals surface area contributed by atoms with Crippen molar-refractivity contribution in [2.75, 3.05) is 0 Å². The minimum atomic E-state index is -3.93. The maximum Gasteiger partial charge on any atom is 0.243 e. The van der Waals surface area contributed by atoms with Crippen LogP contribution in [-0.4, -0.2) is 19.8 Å². The lowest BCUT2D eigenvalue weighted by molar-refractivity contribution is 0.109. The second-order valence-corrected chi connectivity index (χ2v) is 5.09. The molecule has 0 bridgehead atoms. The Morgan fingerprint density at radius 2 is 1.82 bits per heavy atom. The molecule has 0 aliphatic heterocycles. The van der Waals surface area contributed by atoms with Crippen molar-refractivity contribution < 1.29 is 22.7 Å². The zero-order valence-electron chi connectivity index (χ0n) is 8.53. The maximum absolute atomic E-state index is 12.0. The second-order valence-electron chi connectivity index (χ2n) is 3.25. The third-order valence-corrected chi connectivity index (χ3v) is 3.81. The van der Waals surface area contributed by atoms with Gasteiger partial charge >= 0.3 is 0 Å². The summed E-state index contributed by atoms with van der Waals surface area (Å²) in [6.07, 6.45) is 0.407. The molecule has 0 saturated heterocycles. The molecular weight excluding hydrogens is 244 g/mol. The van der Waals surface area contributed by atoms with Gasteiger partial charge in [0, 0.05) is 0 Å². The first-order valence-corrected chi connectivity index (χ1v) is 6.12. The van der Waals surface area contributed by atoms with Gasteiger partial charge in [-0.05, 0) is 24.3 Å². The number of hydrogen-bond donors (Lipinski definition) is 1. The molecular formula is C11H8O5S. The Bertz CT molecular complexity index is 654. The molecule has 0 fully saturated rings. The zero-order chi connectivity index (χ0) is 12.5. The minimum Gasteiger partial charge on any atom is -0.507 e. The topological polar surface area (TPSA) is 84.6 Å². The number of aldehydes is 1. The van der Waals surface area contributed by atoms with E-state index in [0.717, 1.165) is 0 Å². The van der Waals surface area contributed by atoms with E-state index in [2.05, 4.69) is 0 Å². The first-order valence-electron chi connectivity index (χ1n) is 4.64. The highest BCUT2D eigenvalue weighted by molar-refractivity contribution is 7.91. The molecule has 0 amide bonds. The van der Waals surface area contributed by atoms with Crippen LogP contribution in [0.15, 0.2) is 50.8 Å². The fourth-order valence-corrected chi connectivity index (χ4v) is 2.61. The Hall–Kier alpha value is -2.08. The largest absolute Gasteiger partial charge is 0.507 e. The van der Waals surface area contributed by atoms with Gasteiger partial charge in [-0.2, -0.15) is 0 Å². The number of carbonyl (C=O) groups is 1. The Balaban J connectivity index is 2.58. The zero-order valence-corrected chi connectivity index (χ0v) is 9.35. The molecule has 0 unspecified atom stereocenters. The lowest BCUT2D eigenvalue weighted by Gasteiger charge is -2.02. The molecule has 0 aliphatic carbocycles. The smallest absolute Gasteiger partial charge is 0.243 e. The van der Waals surface area contributed by atoms with Crippen molar-refractivity contribution in [2.24, 2.45) is 0 Å². The molecule has 0 radical (unpaired) electrons. The van der Waals surface area contributed by atoms with E-state index in [1.165, 1.54) is 36.4 Å². The van der Waals surface area contributed by atoms with Crippen LogP contribution >= 0.6 is 0 Å². The number of phenolic OH excluding ortho intramolecular Hbond substituents is 1. The molecule has 0 spiro atoms. The standard InChI is InChI=1S/C11H8O5S/c12-7-8-5-6-11(16-8)17(14,15)10-4-2-1-3-9(10)13/h1-7,13H. The fraction of sp³-hybridized carbons (Fsp3) is 0. The van der Waals surface area contributed by atoms with Crippen molar-refractivity contribution in [3.05, 3.63) is 42.2 Å². The van der Waals surface area contributed by atoms with E-state index in [0.29, 0.717) is 6.29 Å². The van der Waals surface area contributed by atoms with E-state index in [1.807, 2.05) is 0 Å². The van der Waals surface area contributed by atoms with E-state index in [9.17, 15) is 18.3 Å². The molecule has 17 heavy (non-hydrogen) atoms. The summed E-state index contributed by atoms with van der Waals surface area (Å²) in [6.45, 7) is 0. The van der Waals surface area contributed by atoms with Crippen molar-refractivity contribution in [2.45, 2.75) is 9.99 Å². The van der Waals surface area contributed by atoms with Gasteiger partial charge in [0.1, 0.15) is 10.6 Å². The maximum atomic E-state index is 12.0. The van der Waals surface area contributed by atoms with E-state index in [4.69, 9.17) is 4.42 Å². The number of para-hydroxylation sites is 1. The Kier molecular flexibility index (Phi) is 2.72. The normalized spacial score (nSPS) is 11.3. The van der Waals surface area contributed by atoms with Crippen molar-refractivity contribution in [1.82, 2.24) is 0 Å². The molecule has 88 valence electrons. The molecule has 5 nitrogen and oxygen atoms in total. The summed E-state index contributed by atoms with van der Waals surface area (Å²) >= 11 is 0. The quantitative estimate of drug-likeness (QED) is 0.839. The molecule has 0 saturated carbocycles. The number of phenols is 1. The molecule has 1 heterocycles. The van der Waals surface area contributed by atoms with Crippen molar-refractivity contribution >= 4 is 16.1 Å². The predicted molar refractivity (Wildman–Crippen MR) is 57.7 cm³/mol. The predicted octanol–water partition coefficient (Wildman–Crippen LogP) is 1.63. The van der Waals surface area contributed by atoms with Crippen LogP contribution in [0, 0.1) is 0 Å². The highest BCUT2D eigenvalue weighted by Crippen LogP contribution is 2.28. The monoisotopic (exact) mass is 252 g/mol. The van der Waals surface area contributed by atoms with Gasteiger partial charge < -0.3 is 9.52 Å². The molecule has 1 aromatic carbocycles. The summed E-state index contributed by atoms with van der Waals surface area (Å²) in [5.74, 6) is -0.449. The van der Waals surface area contributed by atoms with Gasteiger partial charge in [-0.3, -0.25) is 4.79 Å². The highest BCUT2D eigenvalue weighted by Gasteiger charge is 2.24. The third-order valence-electron chi connectivity index (χ3n) is 2.14. The SMILES string of the molecule is O=Cc1ccc(S(=O)(=O)c2ccccc2O)o1. The number of hydrogen-bond acceptors (Lipinski definition) is 5. The summed E-state index contributed by atoms with van der Waals surface area (Å²) in [5, 5.41) is 9.11. The summed E-state index contributed by atoms with van der Waals surface area (Å²) in [7, 11) is -3.93. The Labute approximate surface area is 97.2 Å². The van der Waals surface area contributed by atoms with Gasteiger partial charge in [0.15, 0.2) is 12.0 Å². The molecule has 1 N–H and O–H groups in total. The minimum absolute atomic E-state index is 0.0843.